The number of nitrogens with two attached hydrogens (primary N) is 1. The van der Waals surface area contributed by atoms with Gasteiger partial charge in [0.2, 0.25) is 10.0 Å². The normalized spacial score (nSPS) is 12.6. The number of sulfone groups is 1. The third-order valence-corrected chi connectivity index (χ3v) is 4.21. The van der Waals surface area contributed by atoms with Gasteiger partial charge in [-0.15, -0.1) is 0 Å². The maximum Gasteiger partial charge on any atom is 0.212 e. The first-order chi connectivity index (χ1) is 6.62. The predicted molar refractivity (Wildman–Crippen MR) is 62.9 cm³/mol. The third kappa shape index (κ3) is 10.0. The molecule has 0 bridgehead atoms. The van der Waals surface area contributed by atoms with Crippen LogP contribution in [0.5, 0.6) is 0 Å². The van der Waals surface area contributed by atoms with E-state index in [9.17, 15) is 16.8 Å². The second kappa shape index (κ2) is 5.73. The van der Waals surface area contributed by atoms with Crippen LogP contribution < -0.4 is 10.5 Å². The van der Waals surface area contributed by atoms with Crippen LogP contribution in [-0.4, -0.2) is 46.1 Å². The van der Waals surface area contributed by atoms with Gasteiger partial charge < -0.3 is 5.73 Å². The Labute approximate surface area is 95.2 Å². The van der Waals surface area contributed by atoms with Gasteiger partial charge in [0.15, 0.2) is 0 Å². The van der Waals surface area contributed by atoms with E-state index in [1.807, 2.05) is 0 Å². The van der Waals surface area contributed by atoms with Gasteiger partial charge in [-0.1, -0.05) is 12.2 Å². The molecule has 0 aromatic carbocycles. The summed E-state index contributed by atoms with van der Waals surface area (Å²) in [4.78, 5) is 0.209. The number of hydrogen-bond donors (Lipinski definition) is 2. The summed E-state index contributed by atoms with van der Waals surface area (Å²) in [5.41, 5.74) is 5.17. The van der Waals surface area contributed by atoms with Gasteiger partial charge in [0.05, 0.1) is 16.5 Å². The van der Waals surface area contributed by atoms with Crippen LogP contribution in [-0.2, 0) is 19.9 Å². The third-order valence-electron chi connectivity index (χ3n) is 1.42. The fraction of sp³-hybridized carbons (Fsp3) is 0.833. The minimum Gasteiger partial charge on any atom is -0.393 e. The minimum absolute atomic E-state index is 0.0986. The van der Waals surface area contributed by atoms with E-state index < -0.39 is 31.4 Å². The lowest BCUT2D eigenvalue weighted by atomic mass is 10.4. The molecule has 0 fully saturated rings. The summed E-state index contributed by atoms with van der Waals surface area (Å²) in [7, 11) is -6.82. The van der Waals surface area contributed by atoms with Crippen molar-refractivity contribution in [3.05, 3.63) is 0 Å². The van der Waals surface area contributed by atoms with Gasteiger partial charge >= 0.3 is 0 Å². The van der Waals surface area contributed by atoms with Gasteiger partial charge in [-0.2, -0.15) is 0 Å². The first-order valence-electron chi connectivity index (χ1n) is 4.06. The first kappa shape index (κ1) is 14.8. The summed E-state index contributed by atoms with van der Waals surface area (Å²) in [6.07, 6.45) is 1.24. The summed E-state index contributed by atoms with van der Waals surface area (Å²) in [6, 6.07) is 0. The van der Waals surface area contributed by atoms with Crippen LogP contribution in [0.2, 0.25) is 0 Å². The maximum absolute atomic E-state index is 11.2. The van der Waals surface area contributed by atoms with E-state index >= 15 is 0 Å². The quantitative estimate of drug-likeness (QED) is 0.555. The summed E-state index contributed by atoms with van der Waals surface area (Å²) in [5.74, 6) is -0.835. The van der Waals surface area contributed by atoms with Crippen molar-refractivity contribution in [1.82, 2.24) is 4.72 Å². The highest BCUT2D eigenvalue weighted by Crippen LogP contribution is 1.90. The van der Waals surface area contributed by atoms with Gasteiger partial charge in [-0.3, -0.25) is 0 Å². The van der Waals surface area contributed by atoms with Crippen molar-refractivity contribution in [2.24, 2.45) is 5.73 Å². The van der Waals surface area contributed by atoms with Crippen molar-refractivity contribution in [1.29, 1.82) is 0 Å². The Morgan fingerprint density at radius 1 is 1.27 bits per heavy atom. The zero-order valence-corrected chi connectivity index (χ0v) is 10.7. The zero-order chi connectivity index (χ0) is 12.1. The Balaban J connectivity index is 4.04. The molecule has 0 atom stereocenters. The van der Waals surface area contributed by atoms with Crippen LogP contribution in [0.3, 0.4) is 0 Å². The molecule has 0 spiro atoms. The molecule has 6 nitrogen and oxygen atoms in total. The fourth-order valence-electron chi connectivity index (χ4n) is 0.663. The number of sulfonamides is 1. The molecule has 0 aliphatic carbocycles. The molecule has 0 saturated heterocycles. The molecule has 9 heteroatoms. The van der Waals surface area contributed by atoms with Crippen LogP contribution in [0.4, 0.5) is 0 Å². The van der Waals surface area contributed by atoms with Gasteiger partial charge in [-0.05, 0) is 0 Å². The molecule has 0 rings (SSSR count). The summed E-state index contributed by atoms with van der Waals surface area (Å²) < 4.78 is 46.1. The Morgan fingerprint density at radius 3 is 2.20 bits per heavy atom. The summed E-state index contributed by atoms with van der Waals surface area (Å²) in [5, 5.41) is 0. The monoisotopic (exact) mass is 274 g/mol. The van der Waals surface area contributed by atoms with Crippen molar-refractivity contribution in [3.8, 4) is 0 Å². The van der Waals surface area contributed by atoms with E-state index in [1.54, 1.807) is 0 Å². The number of hydrogen-bond acceptors (Lipinski definition) is 5. The summed E-state index contributed by atoms with van der Waals surface area (Å²) >= 11 is 4.55. The SMILES string of the molecule is CS(=O)(=O)CCS(=O)(=O)NCCC(N)=S. The Hall–Kier alpha value is -0.250. The summed E-state index contributed by atoms with van der Waals surface area (Å²) in [6.45, 7) is 0.0986. The molecule has 0 saturated carbocycles. The Kier molecular flexibility index (Phi) is 5.63. The van der Waals surface area contributed by atoms with Crippen molar-refractivity contribution < 1.29 is 16.8 Å². The van der Waals surface area contributed by atoms with Crippen LogP contribution in [0.1, 0.15) is 6.42 Å². The Bertz CT molecular complexity index is 412. The molecule has 0 heterocycles. The zero-order valence-electron chi connectivity index (χ0n) is 8.26. The van der Waals surface area contributed by atoms with Crippen LogP contribution in [0.25, 0.3) is 0 Å². The largest absolute Gasteiger partial charge is 0.393 e. The number of thiocarbonyl (C=S) groups is 1. The van der Waals surface area contributed by atoms with Crippen molar-refractivity contribution in [2.45, 2.75) is 6.42 Å². The lowest BCUT2D eigenvalue weighted by molar-refractivity contribution is 0.580. The topological polar surface area (TPSA) is 106 Å². The van der Waals surface area contributed by atoms with Gasteiger partial charge in [0.25, 0.3) is 0 Å². The molecule has 15 heavy (non-hydrogen) atoms. The number of nitrogens with one attached hydrogen (secondary N) is 1. The van der Waals surface area contributed by atoms with Gasteiger partial charge in [-0.25, -0.2) is 21.6 Å². The molecule has 90 valence electrons. The van der Waals surface area contributed by atoms with Gasteiger partial charge in [0.1, 0.15) is 9.84 Å². The second-order valence-corrected chi connectivity index (χ2v) is 7.77. The molecule has 0 radical (unpaired) electrons. The second-order valence-electron chi connectivity index (χ2n) is 3.06. The smallest absolute Gasteiger partial charge is 0.212 e. The first-order valence-corrected chi connectivity index (χ1v) is 8.18. The molecule has 3 N–H and O–H groups in total. The molecular weight excluding hydrogens is 260 g/mol. The molecule has 0 amide bonds. The lowest BCUT2D eigenvalue weighted by Crippen LogP contribution is -2.31. The van der Waals surface area contributed by atoms with E-state index in [2.05, 4.69) is 16.9 Å². The van der Waals surface area contributed by atoms with E-state index in [4.69, 9.17) is 5.73 Å². The molecule has 0 aromatic heterocycles. The van der Waals surface area contributed by atoms with E-state index in [0.29, 0.717) is 0 Å². The average Bonchev–Trinajstić information content (AvgIpc) is 1.99. The van der Waals surface area contributed by atoms with Gasteiger partial charge in [0, 0.05) is 19.2 Å². The van der Waals surface area contributed by atoms with Crippen LogP contribution in [0, 0.1) is 0 Å². The highest BCUT2D eigenvalue weighted by atomic mass is 32.2. The Morgan fingerprint density at radius 2 is 1.80 bits per heavy atom. The average molecular weight is 274 g/mol. The number of rotatable bonds is 7. The molecule has 0 aromatic rings. The molecule has 0 aliphatic heterocycles. The molecule has 0 unspecified atom stereocenters. The van der Waals surface area contributed by atoms with E-state index in [-0.39, 0.29) is 18.0 Å². The molecule has 0 aliphatic rings. The van der Waals surface area contributed by atoms with E-state index in [1.165, 1.54) is 0 Å². The van der Waals surface area contributed by atoms with Crippen molar-refractivity contribution in [3.63, 3.8) is 0 Å². The molecular formula is C6H14N2O4S3. The fourth-order valence-corrected chi connectivity index (χ4v) is 3.41. The predicted octanol–water partition coefficient (Wildman–Crippen LogP) is -1.37. The van der Waals surface area contributed by atoms with Crippen molar-refractivity contribution in [2.75, 3.05) is 24.3 Å². The highest BCUT2D eigenvalue weighted by Gasteiger charge is 2.13. The standard InChI is InChI=1S/C6H14N2O4S3/c1-14(9,10)4-5-15(11,12)8-3-2-6(7)13/h8H,2-5H2,1H3,(H2,7,13). The maximum atomic E-state index is 11.2. The van der Waals surface area contributed by atoms with Crippen LogP contribution >= 0.6 is 12.2 Å². The van der Waals surface area contributed by atoms with Crippen LogP contribution in [0.15, 0.2) is 0 Å². The minimum atomic E-state index is -3.55. The lowest BCUT2D eigenvalue weighted by Gasteiger charge is -2.04. The van der Waals surface area contributed by atoms with E-state index in [0.717, 1.165) is 6.26 Å². The van der Waals surface area contributed by atoms with Crippen molar-refractivity contribution >= 4 is 37.1 Å². The highest BCUT2D eigenvalue weighted by molar-refractivity contribution is 7.93.